The van der Waals surface area contributed by atoms with Crippen molar-refractivity contribution in [3.63, 3.8) is 0 Å². The number of rotatable bonds is 5. The molecule has 0 bridgehead atoms. The molecule has 0 aliphatic heterocycles. The van der Waals surface area contributed by atoms with E-state index in [0.717, 1.165) is 0 Å². The van der Waals surface area contributed by atoms with Crippen molar-refractivity contribution in [2.24, 2.45) is 5.92 Å². The molecule has 0 spiro atoms. The predicted molar refractivity (Wildman–Crippen MR) is 78.7 cm³/mol. The number of carbonyl (C=O) groups excluding carboxylic acids is 2. The van der Waals surface area contributed by atoms with Gasteiger partial charge in [0, 0.05) is 0 Å². The highest BCUT2D eigenvalue weighted by atomic mass is 16.2. The van der Waals surface area contributed by atoms with E-state index in [1.165, 1.54) is 6.92 Å². The lowest BCUT2D eigenvalue weighted by Crippen LogP contribution is -2.50. The zero-order chi connectivity index (χ0) is 15.3. The molecular weight excluding hydrogens is 228 g/mol. The molecule has 4 heteroatoms. The molecular formula is C14H32N2O2. The summed E-state index contributed by atoms with van der Waals surface area (Å²) in [6.07, 6.45) is 0. The van der Waals surface area contributed by atoms with Gasteiger partial charge in [0.25, 0.3) is 0 Å². The Kier molecular flexibility index (Phi) is 17.5. The first kappa shape index (κ1) is 22.3. The van der Waals surface area contributed by atoms with Crippen LogP contribution in [0.5, 0.6) is 0 Å². The van der Waals surface area contributed by atoms with Crippen molar-refractivity contribution in [2.75, 3.05) is 7.05 Å². The third-order valence-corrected chi connectivity index (χ3v) is 2.23. The number of carbonyl (C=O) groups is 2. The predicted octanol–water partition coefficient (Wildman–Crippen LogP) is 2.38. The lowest BCUT2D eigenvalue weighted by Gasteiger charge is -2.21. The molecule has 4 nitrogen and oxygen atoms in total. The first-order valence-electron chi connectivity index (χ1n) is 6.88. The smallest absolute Gasteiger partial charge is 0.237 e. The maximum absolute atomic E-state index is 11.6. The normalized spacial score (nSPS) is 12.3. The molecule has 0 saturated heterocycles. The van der Waals surface area contributed by atoms with Crippen molar-refractivity contribution < 1.29 is 9.59 Å². The van der Waals surface area contributed by atoms with E-state index < -0.39 is 6.04 Å². The summed E-state index contributed by atoms with van der Waals surface area (Å²) >= 11 is 0. The second kappa shape index (κ2) is 14.2. The van der Waals surface area contributed by atoms with Crippen LogP contribution in [0.2, 0.25) is 0 Å². The molecule has 18 heavy (non-hydrogen) atoms. The largest absolute Gasteiger partial charge is 0.345 e. The molecule has 0 radical (unpaired) electrons. The Hall–Kier alpha value is -0.900. The average molecular weight is 260 g/mol. The van der Waals surface area contributed by atoms with E-state index in [1.54, 1.807) is 14.0 Å². The van der Waals surface area contributed by atoms with Crippen LogP contribution in [0, 0.1) is 5.92 Å². The zero-order valence-electron chi connectivity index (χ0n) is 13.5. The molecule has 0 fully saturated rings. The van der Waals surface area contributed by atoms with Gasteiger partial charge in [-0.25, -0.2) is 0 Å². The average Bonchev–Trinajstić information content (AvgIpc) is 2.34. The van der Waals surface area contributed by atoms with Crippen LogP contribution in [0.1, 0.15) is 55.4 Å². The SMILES string of the molecule is CC.CC.CNC(C(=O)NC(C)C(C)=O)C(C)C. The molecule has 0 aromatic carbocycles. The quantitative estimate of drug-likeness (QED) is 0.798. The summed E-state index contributed by atoms with van der Waals surface area (Å²) in [7, 11) is 1.74. The van der Waals surface area contributed by atoms with Crippen LogP contribution >= 0.6 is 0 Å². The monoisotopic (exact) mass is 260 g/mol. The summed E-state index contributed by atoms with van der Waals surface area (Å²) in [5.41, 5.74) is 0. The number of nitrogens with one attached hydrogen (secondary N) is 2. The molecule has 0 aromatic rings. The second-order valence-corrected chi connectivity index (χ2v) is 3.85. The second-order valence-electron chi connectivity index (χ2n) is 3.85. The van der Waals surface area contributed by atoms with E-state index in [-0.39, 0.29) is 23.7 Å². The first-order valence-corrected chi connectivity index (χ1v) is 6.88. The summed E-state index contributed by atoms with van der Waals surface area (Å²) in [5.74, 6) is 0.0568. The highest BCUT2D eigenvalue weighted by Gasteiger charge is 2.22. The molecule has 2 N–H and O–H groups in total. The Bertz CT molecular complexity index is 216. The number of amides is 1. The van der Waals surface area contributed by atoms with Gasteiger partial charge in [-0.3, -0.25) is 9.59 Å². The van der Waals surface area contributed by atoms with E-state index in [0.29, 0.717) is 0 Å². The van der Waals surface area contributed by atoms with Gasteiger partial charge in [-0.2, -0.15) is 0 Å². The molecule has 0 aliphatic carbocycles. The number of ketones is 1. The van der Waals surface area contributed by atoms with Gasteiger partial charge in [-0.05, 0) is 26.8 Å². The lowest BCUT2D eigenvalue weighted by atomic mass is 10.0. The van der Waals surface area contributed by atoms with Crippen molar-refractivity contribution in [3.05, 3.63) is 0 Å². The third kappa shape index (κ3) is 10.3. The zero-order valence-corrected chi connectivity index (χ0v) is 13.5. The van der Waals surface area contributed by atoms with Gasteiger partial charge >= 0.3 is 0 Å². The van der Waals surface area contributed by atoms with E-state index in [1.807, 2.05) is 41.5 Å². The molecule has 0 aromatic heterocycles. The van der Waals surface area contributed by atoms with Gasteiger partial charge in [0.1, 0.15) is 0 Å². The van der Waals surface area contributed by atoms with E-state index >= 15 is 0 Å². The Morgan fingerprint density at radius 1 is 0.944 bits per heavy atom. The van der Waals surface area contributed by atoms with Crippen molar-refractivity contribution in [3.8, 4) is 0 Å². The van der Waals surface area contributed by atoms with Crippen LogP contribution < -0.4 is 10.6 Å². The van der Waals surface area contributed by atoms with Crippen LogP contribution in [-0.4, -0.2) is 30.8 Å². The minimum atomic E-state index is -0.405. The van der Waals surface area contributed by atoms with Gasteiger partial charge in [0.2, 0.25) is 5.91 Å². The first-order chi connectivity index (χ1) is 8.40. The highest BCUT2D eigenvalue weighted by Crippen LogP contribution is 2.01. The fraction of sp³-hybridized carbons (Fsp3) is 0.857. The molecule has 2 unspecified atom stereocenters. The Labute approximate surface area is 113 Å². The van der Waals surface area contributed by atoms with E-state index in [2.05, 4.69) is 10.6 Å². The van der Waals surface area contributed by atoms with Gasteiger partial charge in [-0.1, -0.05) is 41.5 Å². The number of hydrogen-bond donors (Lipinski definition) is 2. The highest BCUT2D eigenvalue weighted by molar-refractivity contribution is 5.89. The summed E-state index contributed by atoms with van der Waals surface area (Å²) in [5, 5.41) is 5.58. The van der Waals surface area contributed by atoms with E-state index in [4.69, 9.17) is 0 Å². The van der Waals surface area contributed by atoms with Gasteiger partial charge in [-0.15, -0.1) is 0 Å². The minimum absolute atomic E-state index is 0.0306. The molecule has 0 heterocycles. The molecule has 2 atom stereocenters. The minimum Gasteiger partial charge on any atom is -0.345 e. The fourth-order valence-corrected chi connectivity index (χ4v) is 1.17. The number of Topliss-reactive ketones (excluding diaryl/α,β-unsaturated/α-hetero) is 1. The van der Waals surface area contributed by atoms with Crippen molar-refractivity contribution in [2.45, 2.75) is 67.5 Å². The molecule has 0 aliphatic rings. The Balaban J connectivity index is -0.000000506. The summed E-state index contributed by atoms with van der Waals surface area (Å²) < 4.78 is 0. The molecule has 0 saturated carbocycles. The van der Waals surface area contributed by atoms with Crippen molar-refractivity contribution >= 4 is 11.7 Å². The van der Waals surface area contributed by atoms with Crippen LogP contribution in [0.3, 0.4) is 0 Å². The maximum atomic E-state index is 11.6. The van der Waals surface area contributed by atoms with Crippen LogP contribution in [0.4, 0.5) is 0 Å². The van der Waals surface area contributed by atoms with Crippen molar-refractivity contribution in [1.82, 2.24) is 10.6 Å². The van der Waals surface area contributed by atoms with Crippen molar-refractivity contribution in [1.29, 1.82) is 0 Å². The molecule has 1 amide bonds. The van der Waals surface area contributed by atoms with E-state index in [9.17, 15) is 9.59 Å². The topological polar surface area (TPSA) is 58.2 Å². The maximum Gasteiger partial charge on any atom is 0.237 e. The fourth-order valence-electron chi connectivity index (χ4n) is 1.17. The Morgan fingerprint density at radius 3 is 1.56 bits per heavy atom. The lowest BCUT2D eigenvalue weighted by molar-refractivity contribution is -0.128. The third-order valence-electron chi connectivity index (χ3n) is 2.23. The van der Waals surface area contributed by atoms with Gasteiger partial charge in [0.05, 0.1) is 12.1 Å². The summed E-state index contributed by atoms with van der Waals surface area (Å²) in [6, 6.07) is -0.645. The number of likely N-dealkylation sites (N-methyl/N-ethyl adjacent to an activating group) is 1. The molecule has 0 rings (SSSR count). The van der Waals surface area contributed by atoms with Gasteiger partial charge in [0.15, 0.2) is 5.78 Å². The summed E-state index contributed by atoms with van der Waals surface area (Å²) in [4.78, 5) is 22.5. The van der Waals surface area contributed by atoms with Crippen LogP contribution in [0.15, 0.2) is 0 Å². The van der Waals surface area contributed by atoms with Crippen LogP contribution in [-0.2, 0) is 9.59 Å². The van der Waals surface area contributed by atoms with Gasteiger partial charge < -0.3 is 10.6 Å². The Morgan fingerprint density at radius 2 is 1.33 bits per heavy atom. The number of hydrogen-bond acceptors (Lipinski definition) is 3. The summed E-state index contributed by atoms with van der Waals surface area (Å²) in [6.45, 7) is 15.1. The van der Waals surface area contributed by atoms with Crippen LogP contribution in [0.25, 0.3) is 0 Å². The standard InChI is InChI=1S/C10H20N2O2.2C2H6/c1-6(2)9(11-5)10(14)12-7(3)8(4)13;2*1-2/h6-7,9,11H,1-5H3,(H,12,14);2*1-2H3. The molecule has 110 valence electrons.